The molecule has 13 nitrogen and oxygen atoms in total. The van der Waals surface area contributed by atoms with Crippen LogP contribution in [-0.4, -0.2) is 72.4 Å². The summed E-state index contributed by atoms with van der Waals surface area (Å²) in [6.07, 6.45) is 10.7. The average molecular weight is 796 g/mol. The Hall–Kier alpha value is -4.56. The van der Waals surface area contributed by atoms with Crippen LogP contribution in [0.2, 0.25) is 0 Å². The van der Waals surface area contributed by atoms with Crippen LogP contribution in [0.1, 0.15) is 88.4 Å². The number of aromatic nitrogens is 7. The van der Waals surface area contributed by atoms with E-state index in [1.54, 1.807) is 4.68 Å². The van der Waals surface area contributed by atoms with Gasteiger partial charge in [-0.25, -0.2) is 19.4 Å². The van der Waals surface area contributed by atoms with Gasteiger partial charge in [0.05, 0.1) is 29.3 Å². The molecule has 1 unspecified atom stereocenters. The van der Waals surface area contributed by atoms with Gasteiger partial charge in [0.1, 0.15) is 10.2 Å². The molecule has 4 aliphatic rings. The normalized spacial score (nSPS) is 21.0. The van der Waals surface area contributed by atoms with Gasteiger partial charge in [0.25, 0.3) is 0 Å². The fourth-order valence-electron chi connectivity index (χ4n) is 8.86. The molecule has 0 saturated carbocycles. The predicted octanol–water partition coefficient (Wildman–Crippen LogP) is 7.58. The van der Waals surface area contributed by atoms with E-state index in [2.05, 4.69) is 72.5 Å². The molecule has 282 valence electrons. The van der Waals surface area contributed by atoms with Gasteiger partial charge in [-0.3, -0.25) is 9.67 Å². The zero-order valence-electron chi connectivity index (χ0n) is 31.4. The summed E-state index contributed by atoms with van der Waals surface area (Å²) in [7, 11) is 1.92. The predicted molar refractivity (Wildman–Crippen MR) is 210 cm³/mol. The van der Waals surface area contributed by atoms with Crippen molar-refractivity contribution in [2.45, 2.75) is 90.0 Å². The SMILES string of the molecule is Cn1cc(-c2ccc3c(n2)CCCN3c2nn(C3CCCCO3)c3nc(N4CCC5(CC4)Cc4ccccc4[C@H]5NC(=O)OC(C)(C)C)c(Br)nc23)cn1. The van der Waals surface area contributed by atoms with E-state index in [0.717, 1.165) is 116 Å². The lowest BCUT2D eigenvalue weighted by atomic mass is 9.72. The fraction of sp³-hybridized carbons (Fsp3) is 0.500. The van der Waals surface area contributed by atoms with Crippen LogP contribution in [0.25, 0.3) is 22.4 Å². The van der Waals surface area contributed by atoms with Crippen molar-refractivity contribution in [3.05, 3.63) is 70.2 Å². The third-order valence-corrected chi connectivity index (χ3v) is 11.9. The van der Waals surface area contributed by atoms with Crippen LogP contribution in [0.4, 0.5) is 22.1 Å². The van der Waals surface area contributed by atoms with Crippen LogP contribution in [0.5, 0.6) is 0 Å². The smallest absolute Gasteiger partial charge is 0.408 e. The first-order valence-electron chi connectivity index (χ1n) is 19.2. The molecule has 1 spiro atoms. The van der Waals surface area contributed by atoms with Crippen molar-refractivity contribution >= 4 is 50.5 Å². The first-order chi connectivity index (χ1) is 26.0. The van der Waals surface area contributed by atoms with E-state index < -0.39 is 5.60 Å². The minimum atomic E-state index is -0.574. The lowest BCUT2D eigenvalue weighted by molar-refractivity contribution is -0.0368. The molecule has 2 saturated heterocycles. The molecule has 1 aliphatic carbocycles. The molecule has 54 heavy (non-hydrogen) atoms. The van der Waals surface area contributed by atoms with E-state index in [-0.39, 0.29) is 23.8 Å². The maximum Gasteiger partial charge on any atom is 0.408 e. The van der Waals surface area contributed by atoms with Gasteiger partial charge in [0.2, 0.25) is 0 Å². The number of ether oxygens (including phenoxy) is 2. The van der Waals surface area contributed by atoms with Crippen molar-refractivity contribution in [2.75, 3.05) is 36.0 Å². The number of fused-ring (bicyclic) bond motifs is 3. The number of anilines is 3. The van der Waals surface area contributed by atoms with Gasteiger partial charge in [0, 0.05) is 50.5 Å². The zero-order valence-corrected chi connectivity index (χ0v) is 33.0. The summed E-state index contributed by atoms with van der Waals surface area (Å²) in [4.78, 5) is 33.4. The molecular formula is C40H47BrN10O3. The van der Waals surface area contributed by atoms with Crippen molar-refractivity contribution in [3.63, 3.8) is 0 Å². The van der Waals surface area contributed by atoms with E-state index in [0.29, 0.717) is 11.2 Å². The van der Waals surface area contributed by atoms with Gasteiger partial charge < -0.3 is 24.6 Å². The van der Waals surface area contributed by atoms with Crippen molar-refractivity contribution < 1.29 is 14.3 Å². The molecule has 3 aliphatic heterocycles. The molecule has 1 N–H and O–H groups in total. The minimum Gasteiger partial charge on any atom is -0.444 e. The van der Waals surface area contributed by atoms with Crippen molar-refractivity contribution in [2.24, 2.45) is 12.5 Å². The summed E-state index contributed by atoms with van der Waals surface area (Å²) in [6.45, 7) is 8.73. The highest BCUT2D eigenvalue weighted by molar-refractivity contribution is 9.10. The first-order valence-corrected chi connectivity index (χ1v) is 20.0. The Morgan fingerprint density at radius 2 is 1.85 bits per heavy atom. The fourth-order valence-corrected chi connectivity index (χ4v) is 9.38. The maximum atomic E-state index is 13.1. The molecule has 5 aromatic rings. The van der Waals surface area contributed by atoms with E-state index in [9.17, 15) is 4.79 Å². The molecule has 2 fully saturated rings. The standard InChI is InChI=1S/C40H47BrN10O3/c1-39(2,3)54-38(52)45-33-27-11-6-5-10-25(27)22-40(33)16-19-49(20-17-40)37-34(41)44-32-35(46-37)51(31-13-7-8-21-53-31)47-36(32)50-18-9-12-29-30(50)15-14-28(43-29)26-23-42-48(4)24-26/h5-6,10-11,14-15,23-24,31,33H,7-9,12-13,16-22H2,1-4H3,(H,45,52)/t31?,33-/m1/s1. The second-order valence-electron chi connectivity index (χ2n) is 16.2. The monoisotopic (exact) mass is 794 g/mol. The molecule has 14 heteroatoms. The van der Waals surface area contributed by atoms with Crippen molar-refractivity contribution in [3.8, 4) is 11.3 Å². The Morgan fingerprint density at radius 1 is 1.02 bits per heavy atom. The number of alkyl carbamates (subject to hydrolysis) is 1. The Kier molecular flexibility index (Phi) is 8.87. The highest BCUT2D eigenvalue weighted by Crippen LogP contribution is 2.53. The van der Waals surface area contributed by atoms with Crippen LogP contribution in [-0.2, 0) is 29.4 Å². The number of hydrogen-bond acceptors (Lipinski definition) is 10. The van der Waals surface area contributed by atoms with Gasteiger partial charge in [-0.2, -0.15) is 5.10 Å². The number of carbonyl (C=O) groups excluding carboxylic acids is 1. The zero-order chi connectivity index (χ0) is 37.2. The van der Waals surface area contributed by atoms with Gasteiger partial charge in [-0.1, -0.05) is 24.3 Å². The second kappa shape index (κ2) is 13.6. The van der Waals surface area contributed by atoms with E-state index >= 15 is 0 Å². The number of amides is 1. The summed E-state index contributed by atoms with van der Waals surface area (Å²) in [6, 6.07) is 12.6. The number of piperidine rings is 1. The lowest BCUT2D eigenvalue weighted by Crippen LogP contribution is -2.48. The summed E-state index contributed by atoms with van der Waals surface area (Å²) in [5.41, 5.74) is 7.24. The van der Waals surface area contributed by atoms with Crippen LogP contribution in [0, 0.1) is 5.41 Å². The number of halogens is 1. The Labute approximate surface area is 323 Å². The number of nitrogens with zero attached hydrogens (tertiary/aromatic N) is 9. The first kappa shape index (κ1) is 35.2. The Balaban J connectivity index is 1.04. The molecule has 0 radical (unpaired) electrons. The number of rotatable bonds is 5. The number of hydrogen-bond donors (Lipinski definition) is 1. The van der Waals surface area contributed by atoms with E-state index in [4.69, 9.17) is 29.5 Å². The Bertz CT molecular complexity index is 2210. The van der Waals surface area contributed by atoms with E-state index in [1.165, 1.54) is 11.1 Å². The molecular weight excluding hydrogens is 748 g/mol. The van der Waals surface area contributed by atoms with Gasteiger partial charge >= 0.3 is 6.09 Å². The Morgan fingerprint density at radius 3 is 2.61 bits per heavy atom. The summed E-state index contributed by atoms with van der Waals surface area (Å²) >= 11 is 3.86. The summed E-state index contributed by atoms with van der Waals surface area (Å²) in [5.74, 6) is 1.57. The molecule has 1 aromatic carbocycles. The molecule has 2 atom stereocenters. The number of carbonyl (C=O) groups is 1. The molecule has 4 aromatic heterocycles. The maximum absolute atomic E-state index is 13.1. The van der Waals surface area contributed by atoms with Gasteiger partial charge in [0.15, 0.2) is 29.0 Å². The third kappa shape index (κ3) is 6.40. The number of nitrogens with one attached hydrogen (secondary N) is 1. The van der Waals surface area contributed by atoms with Crippen LogP contribution < -0.4 is 15.1 Å². The number of benzene rings is 1. The molecule has 9 rings (SSSR count). The van der Waals surface area contributed by atoms with Gasteiger partial charge in [-0.15, -0.1) is 5.10 Å². The molecule has 7 heterocycles. The second-order valence-corrected chi connectivity index (χ2v) is 17.0. The quantitative estimate of drug-likeness (QED) is 0.190. The van der Waals surface area contributed by atoms with Crippen molar-refractivity contribution in [1.29, 1.82) is 0 Å². The average Bonchev–Trinajstić information content (AvgIpc) is 3.84. The van der Waals surface area contributed by atoms with Crippen LogP contribution in [0.15, 0.2) is 53.4 Å². The third-order valence-electron chi connectivity index (χ3n) is 11.4. The topological polar surface area (TPSA) is 128 Å². The summed E-state index contributed by atoms with van der Waals surface area (Å²) < 4.78 is 16.5. The highest BCUT2D eigenvalue weighted by atomic mass is 79.9. The largest absolute Gasteiger partial charge is 0.444 e. The number of aryl methyl sites for hydroxylation is 2. The molecule has 1 amide bonds. The summed E-state index contributed by atoms with van der Waals surface area (Å²) in [5, 5.41) is 12.9. The van der Waals surface area contributed by atoms with E-state index in [1.807, 2.05) is 44.9 Å². The minimum absolute atomic E-state index is 0.126. The molecule has 0 bridgehead atoms. The van der Waals surface area contributed by atoms with Crippen LogP contribution >= 0.6 is 15.9 Å². The van der Waals surface area contributed by atoms with Crippen molar-refractivity contribution in [1.82, 2.24) is 39.8 Å². The van der Waals surface area contributed by atoms with Crippen LogP contribution in [0.3, 0.4) is 0 Å². The van der Waals surface area contributed by atoms with Gasteiger partial charge in [-0.05, 0) is 111 Å². The number of pyridine rings is 1. The highest BCUT2D eigenvalue weighted by Gasteiger charge is 2.49. The lowest BCUT2D eigenvalue weighted by Gasteiger charge is -2.44.